The summed E-state index contributed by atoms with van der Waals surface area (Å²) < 4.78 is 5.06. The lowest BCUT2D eigenvalue weighted by atomic mass is 9.80. The maximum Gasteiger partial charge on any atom is 0.338 e. The molecule has 3 fully saturated rings. The lowest BCUT2D eigenvalue weighted by molar-refractivity contribution is -0.123. The quantitative estimate of drug-likeness (QED) is 0.326. The summed E-state index contributed by atoms with van der Waals surface area (Å²) >= 11 is 24.7. The summed E-state index contributed by atoms with van der Waals surface area (Å²) in [6, 6.07) is 10.4. The minimum absolute atomic E-state index is 0.113. The molecule has 2 bridgehead atoms. The number of imide groups is 1. The van der Waals surface area contributed by atoms with Crippen LogP contribution in [0.15, 0.2) is 42.5 Å². The molecule has 1 heterocycles. The first-order chi connectivity index (χ1) is 16.7. The first-order valence-corrected chi connectivity index (χ1v) is 12.5. The van der Waals surface area contributed by atoms with Crippen molar-refractivity contribution in [2.24, 2.45) is 23.7 Å². The van der Waals surface area contributed by atoms with Gasteiger partial charge in [0, 0.05) is 5.02 Å². The number of fused-ring (bicyclic) bond motifs is 5. The van der Waals surface area contributed by atoms with Gasteiger partial charge in [0.05, 0.1) is 44.6 Å². The van der Waals surface area contributed by atoms with Gasteiger partial charge in [-0.3, -0.25) is 19.3 Å². The molecular weight excluding hydrogens is 538 g/mol. The van der Waals surface area contributed by atoms with E-state index in [0.29, 0.717) is 22.8 Å². The second-order valence-corrected chi connectivity index (χ2v) is 10.7. The molecule has 2 aromatic carbocycles. The number of esters is 1. The summed E-state index contributed by atoms with van der Waals surface area (Å²) in [6.07, 6.45) is 0.685. The summed E-state index contributed by atoms with van der Waals surface area (Å²) in [7, 11) is 0. The average molecular weight is 556 g/mol. The Labute approximate surface area is 220 Å². The van der Waals surface area contributed by atoms with Crippen molar-refractivity contribution in [1.82, 2.24) is 0 Å². The molecule has 0 aromatic heterocycles. The second kappa shape index (κ2) is 9.28. The van der Waals surface area contributed by atoms with Crippen molar-refractivity contribution in [3.05, 3.63) is 58.1 Å². The topological polar surface area (TPSA) is 92.8 Å². The van der Waals surface area contributed by atoms with E-state index in [1.807, 2.05) is 0 Å². The molecular formula is C24H18Cl4N2O5. The van der Waals surface area contributed by atoms with E-state index >= 15 is 0 Å². The summed E-state index contributed by atoms with van der Waals surface area (Å²) in [6.45, 7) is -0.544. The van der Waals surface area contributed by atoms with Gasteiger partial charge in [-0.1, -0.05) is 23.2 Å². The Morgan fingerprint density at radius 1 is 0.943 bits per heavy atom. The number of hydrogen-bond acceptors (Lipinski definition) is 5. The van der Waals surface area contributed by atoms with Gasteiger partial charge in [-0.15, -0.1) is 23.2 Å². The molecule has 2 saturated carbocycles. The molecule has 2 aliphatic carbocycles. The molecule has 1 saturated heterocycles. The molecule has 182 valence electrons. The molecule has 0 spiro atoms. The molecule has 0 unspecified atom stereocenters. The number of ether oxygens (including phenoxy) is 1. The number of nitrogens with zero attached hydrogens (tertiary/aromatic N) is 1. The van der Waals surface area contributed by atoms with E-state index in [1.165, 1.54) is 36.4 Å². The van der Waals surface area contributed by atoms with Crippen LogP contribution >= 0.6 is 46.4 Å². The third kappa shape index (κ3) is 4.18. The Hall–Kier alpha value is -2.32. The number of carbonyl (C=O) groups excluding carboxylic acids is 4. The minimum atomic E-state index is -0.743. The van der Waals surface area contributed by atoms with Gasteiger partial charge in [0.25, 0.3) is 5.91 Å². The molecule has 2 aromatic rings. The van der Waals surface area contributed by atoms with Crippen molar-refractivity contribution in [3.63, 3.8) is 0 Å². The highest BCUT2D eigenvalue weighted by Gasteiger charge is 2.66. The number of amides is 3. The van der Waals surface area contributed by atoms with E-state index in [0.717, 1.165) is 4.90 Å². The highest BCUT2D eigenvalue weighted by molar-refractivity contribution is 6.35. The fourth-order valence-corrected chi connectivity index (χ4v) is 6.57. The van der Waals surface area contributed by atoms with Crippen molar-refractivity contribution in [2.75, 3.05) is 16.8 Å². The van der Waals surface area contributed by atoms with Crippen LogP contribution in [0, 0.1) is 23.7 Å². The Balaban J connectivity index is 1.22. The molecule has 1 aliphatic heterocycles. The highest BCUT2D eigenvalue weighted by Crippen LogP contribution is 2.59. The highest BCUT2D eigenvalue weighted by atomic mass is 35.5. The number of hydrogen-bond donors (Lipinski definition) is 1. The third-order valence-electron chi connectivity index (χ3n) is 6.89. The SMILES string of the molecule is O=C(COC(=O)c1ccc(N2C(=O)[C@@H]3[C@H]4C[C@@H]([C@H](Cl)[C@H]4Cl)[C@@H]3C2=O)cc1)Nc1cc(Cl)ccc1Cl. The first kappa shape index (κ1) is 24.4. The molecule has 3 amide bonds. The smallest absolute Gasteiger partial charge is 0.338 e. The normalized spacial score (nSPS) is 28.9. The number of benzene rings is 2. The molecule has 6 atom stereocenters. The van der Waals surface area contributed by atoms with Crippen LogP contribution in [0.3, 0.4) is 0 Å². The molecule has 11 heteroatoms. The van der Waals surface area contributed by atoms with Crippen LogP contribution in [0.4, 0.5) is 11.4 Å². The lowest BCUT2D eigenvalue weighted by Crippen LogP contribution is -2.37. The van der Waals surface area contributed by atoms with Crippen LogP contribution in [0.25, 0.3) is 0 Å². The van der Waals surface area contributed by atoms with Crippen LogP contribution in [-0.2, 0) is 19.1 Å². The molecule has 7 nitrogen and oxygen atoms in total. The average Bonchev–Trinajstić information content (AvgIpc) is 3.45. The zero-order valence-corrected chi connectivity index (χ0v) is 20.9. The zero-order chi connectivity index (χ0) is 25.0. The fourth-order valence-electron chi connectivity index (χ4n) is 5.34. The van der Waals surface area contributed by atoms with Gasteiger partial charge in [0.2, 0.25) is 11.8 Å². The third-order valence-corrected chi connectivity index (χ3v) is 8.77. The Morgan fingerprint density at radius 2 is 1.54 bits per heavy atom. The number of nitrogens with one attached hydrogen (secondary N) is 1. The first-order valence-electron chi connectivity index (χ1n) is 10.9. The van der Waals surface area contributed by atoms with Gasteiger partial charge in [0.1, 0.15) is 0 Å². The van der Waals surface area contributed by atoms with Crippen molar-refractivity contribution in [3.8, 4) is 0 Å². The molecule has 1 N–H and O–H groups in total. The van der Waals surface area contributed by atoms with Gasteiger partial charge in [-0.25, -0.2) is 4.79 Å². The largest absolute Gasteiger partial charge is 0.452 e. The summed E-state index contributed by atoms with van der Waals surface area (Å²) in [4.78, 5) is 51.8. The van der Waals surface area contributed by atoms with Gasteiger partial charge in [-0.2, -0.15) is 0 Å². The van der Waals surface area contributed by atoms with Gasteiger partial charge < -0.3 is 10.1 Å². The van der Waals surface area contributed by atoms with E-state index in [9.17, 15) is 19.2 Å². The maximum atomic E-state index is 13.1. The van der Waals surface area contributed by atoms with Crippen LogP contribution in [-0.4, -0.2) is 41.1 Å². The predicted molar refractivity (Wildman–Crippen MR) is 132 cm³/mol. The fraction of sp³-hybridized carbons (Fsp3) is 0.333. The Bertz CT molecular complexity index is 1200. The number of rotatable bonds is 5. The van der Waals surface area contributed by atoms with E-state index in [-0.39, 0.29) is 45.0 Å². The Kier molecular flexibility index (Phi) is 6.46. The van der Waals surface area contributed by atoms with Crippen LogP contribution in [0.1, 0.15) is 16.8 Å². The summed E-state index contributed by atoms with van der Waals surface area (Å²) in [5, 5.41) is 2.53. The van der Waals surface area contributed by atoms with E-state index in [4.69, 9.17) is 51.1 Å². The van der Waals surface area contributed by atoms with Crippen molar-refractivity contribution < 1.29 is 23.9 Å². The van der Waals surface area contributed by atoms with Crippen molar-refractivity contribution in [1.29, 1.82) is 0 Å². The number of alkyl halides is 2. The zero-order valence-electron chi connectivity index (χ0n) is 17.9. The summed E-state index contributed by atoms with van der Waals surface area (Å²) in [5.41, 5.74) is 0.808. The number of halogens is 4. The molecule has 35 heavy (non-hydrogen) atoms. The van der Waals surface area contributed by atoms with Crippen LogP contribution in [0.5, 0.6) is 0 Å². The predicted octanol–water partition coefficient (Wildman–Crippen LogP) is 4.76. The number of carbonyl (C=O) groups is 4. The molecule has 0 radical (unpaired) electrons. The van der Waals surface area contributed by atoms with Gasteiger partial charge in [0.15, 0.2) is 6.61 Å². The standard InChI is InChI=1S/C24H18Cl4N2O5/c25-11-3-6-15(26)16(7-11)29-17(31)9-35-24(34)10-1-4-12(5-2-10)30-22(32)18-13-8-14(19(18)23(30)33)21(28)20(13)27/h1-7,13-14,18-21H,8-9H2,(H,29,31)/t13-,14-,18-,19+,20+,21+/m1/s1. The van der Waals surface area contributed by atoms with E-state index in [1.54, 1.807) is 6.07 Å². The van der Waals surface area contributed by atoms with Gasteiger partial charge >= 0.3 is 5.97 Å². The van der Waals surface area contributed by atoms with Crippen LogP contribution in [0.2, 0.25) is 10.0 Å². The van der Waals surface area contributed by atoms with Crippen molar-refractivity contribution >= 4 is 81.5 Å². The Morgan fingerprint density at radius 3 is 2.14 bits per heavy atom. The summed E-state index contributed by atoms with van der Waals surface area (Å²) in [5.74, 6) is -3.05. The second-order valence-electron chi connectivity index (χ2n) is 8.81. The van der Waals surface area contributed by atoms with E-state index in [2.05, 4.69) is 5.32 Å². The van der Waals surface area contributed by atoms with Crippen molar-refractivity contribution in [2.45, 2.75) is 17.2 Å². The lowest BCUT2D eigenvalue weighted by Gasteiger charge is -2.28. The van der Waals surface area contributed by atoms with Crippen LogP contribution < -0.4 is 10.2 Å². The minimum Gasteiger partial charge on any atom is -0.452 e. The maximum absolute atomic E-state index is 13.1. The monoisotopic (exact) mass is 554 g/mol. The molecule has 5 rings (SSSR count). The van der Waals surface area contributed by atoms with Gasteiger partial charge in [-0.05, 0) is 60.7 Å². The number of anilines is 2. The van der Waals surface area contributed by atoms with E-state index < -0.39 is 30.3 Å². The molecule has 3 aliphatic rings.